The zero-order chi connectivity index (χ0) is 20.0. The smallest absolute Gasteiger partial charge is 0.267 e. The summed E-state index contributed by atoms with van der Waals surface area (Å²) in [6.45, 7) is 3.99. The summed E-state index contributed by atoms with van der Waals surface area (Å²) < 4.78 is 7.14. The molecule has 8 heteroatoms. The summed E-state index contributed by atoms with van der Waals surface area (Å²) in [7, 11) is 0. The third-order valence-corrected chi connectivity index (χ3v) is 7.38. The van der Waals surface area contributed by atoms with Gasteiger partial charge in [-0.1, -0.05) is 42.0 Å². The van der Waals surface area contributed by atoms with E-state index in [2.05, 4.69) is 10.1 Å². The Morgan fingerprint density at radius 3 is 2.83 bits per heavy atom. The number of aromatic nitrogens is 4. The van der Waals surface area contributed by atoms with Crippen LogP contribution in [0.3, 0.4) is 0 Å². The molecule has 5 rings (SSSR count). The van der Waals surface area contributed by atoms with Crippen LogP contribution in [-0.4, -0.2) is 19.7 Å². The van der Waals surface area contributed by atoms with E-state index in [4.69, 9.17) is 9.51 Å². The first kappa shape index (κ1) is 18.6. The molecule has 148 valence electrons. The first-order valence-electron chi connectivity index (χ1n) is 9.77. The van der Waals surface area contributed by atoms with Gasteiger partial charge in [-0.25, -0.2) is 4.98 Å². The SMILES string of the molecule is CCc1noc(C(C)Sc2nc3sc4c(c3c(=O)n2-c2ccccc2)CCC4)n1. The molecule has 0 N–H and O–H groups in total. The van der Waals surface area contributed by atoms with E-state index in [9.17, 15) is 4.79 Å². The lowest BCUT2D eigenvalue weighted by Gasteiger charge is -2.14. The van der Waals surface area contributed by atoms with Crippen LogP contribution in [0.2, 0.25) is 0 Å². The van der Waals surface area contributed by atoms with Crippen molar-refractivity contribution in [1.29, 1.82) is 0 Å². The van der Waals surface area contributed by atoms with Crippen LogP contribution in [-0.2, 0) is 19.3 Å². The molecule has 0 amide bonds. The Labute approximate surface area is 176 Å². The predicted molar refractivity (Wildman–Crippen MR) is 115 cm³/mol. The average Bonchev–Trinajstić information content (AvgIpc) is 3.44. The summed E-state index contributed by atoms with van der Waals surface area (Å²) >= 11 is 3.13. The van der Waals surface area contributed by atoms with Crippen LogP contribution in [0.1, 0.15) is 47.7 Å². The van der Waals surface area contributed by atoms with Crippen molar-refractivity contribution in [2.45, 2.75) is 49.9 Å². The normalized spacial score (nSPS) is 14.4. The first-order valence-corrected chi connectivity index (χ1v) is 11.5. The van der Waals surface area contributed by atoms with E-state index < -0.39 is 0 Å². The molecule has 29 heavy (non-hydrogen) atoms. The highest BCUT2D eigenvalue weighted by Crippen LogP contribution is 2.38. The van der Waals surface area contributed by atoms with Crippen molar-refractivity contribution in [3.8, 4) is 5.69 Å². The molecule has 0 spiro atoms. The molecular formula is C21H20N4O2S2. The van der Waals surface area contributed by atoms with Crippen molar-refractivity contribution in [3.05, 3.63) is 62.8 Å². The van der Waals surface area contributed by atoms with Crippen molar-refractivity contribution in [2.75, 3.05) is 0 Å². The summed E-state index contributed by atoms with van der Waals surface area (Å²) in [6, 6.07) is 9.71. The second-order valence-corrected chi connectivity index (χ2v) is 9.46. The molecule has 0 saturated carbocycles. The van der Waals surface area contributed by atoms with Gasteiger partial charge in [0, 0.05) is 11.3 Å². The van der Waals surface area contributed by atoms with E-state index in [1.165, 1.54) is 22.2 Å². The first-order chi connectivity index (χ1) is 14.2. The molecule has 1 aliphatic rings. The molecule has 0 fully saturated rings. The molecule has 0 saturated heterocycles. The number of thiophene rings is 1. The molecule has 0 radical (unpaired) electrons. The third kappa shape index (κ3) is 3.20. The Balaban J connectivity index is 1.66. The average molecular weight is 425 g/mol. The van der Waals surface area contributed by atoms with Gasteiger partial charge in [-0.05, 0) is 43.9 Å². The van der Waals surface area contributed by atoms with Gasteiger partial charge in [-0.3, -0.25) is 9.36 Å². The van der Waals surface area contributed by atoms with Gasteiger partial charge in [0.15, 0.2) is 11.0 Å². The number of fused-ring (bicyclic) bond motifs is 3. The lowest BCUT2D eigenvalue weighted by Crippen LogP contribution is -2.22. The summed E-state index contributed by atoms with van der Waals surface area (Å²) in [5, 5.41) is 5.31. The van der Waals surface area contributed by atoms with Crippen LogP contribution in [0.15, 0.2) is 44.8 Å². The molecule has 3 aromatic heterocycles. The second-order valence-electron chi connectivity index (χ2n) is 7.07. The molecular weight excluding hydrogens is 404 g/mol. The maximum absolute atomic E-state index is 13.6. The highest BCUT2D eigenvalue weighted by molar-refractivity contribution is 7.99. The summed E-state index contributed by atoms with van der Waals surface area (Å²) in [4.78, 5) is 25.1. The van der Waals surface area contributed by atoms with Gasteiger partial charge in [0.2, 0.25) is 5.89 Å². The van der Waals surface area contributed by atoms with E-state index in [1.807, 2.05) is 44.2 Å². The number of rotatable bonds is 5. The van der Waals surface area contributed by atoms with E-state index in [1.54, 1.807) is 15.9 Å². The van der Waals surface area contributed by atoms with Gasteiger partial charge in [-0.15, -0.1) is 11.3 Å². The minimum Gasteiger partial charge on any atom is -0.338 e. The van der Waals surface area contributed by atoms with Crippen LogP contribution in [0.4, 0.5) is 0 Å². The van der Waals surface area contributed by atoms with Crippen molar-refractivity contribution in [1.82, 2.24) is 19.7 Å². The fraction of sp³-hybridized carbons (Fsp3) is 0.333. The van der Waals surface area contributed by atoms with E-state index in [0.717, 1.165) is 41.6 Å². The molecule has 1 unspecified atom stereocenters. The van der Waals surface area contributed by atoms with Crippen LogP contribution in [0.5, 0.6) is 0 Å². The van der Waals surface area contributed by atoms with E-state index >= 15 is 0 Å². The number of para-hydroxylation sites is 1. The molecule has 1 atom stereocenters. The fourth-order valence-corrected chi connectivity index (χ4v) is 5.95. The van der Waals surface area contributed by atoms with Crippen molar-refractivity contribution < 1.29 is 4.52 Å². The van der Waals surface area contributed by atoms with E-state index in [-0.39, 0.29) is 10.8 Å². The topological polar surface area (TPSA) is 73.8 Å². The lowest BCUT2D eigenvalue weighted by molar-refractivity contribution is 0.375. The molecule has 4 aromatic rings. The maximum Gasteiger partial charge on any atom is 0.267 e. The zero-order valence-corrected chi connectivity index (χ0v) is 17.8. The highest BCUT2D eigenvalue weighted by Gasteiger charge is 2.25. The molecule has 3 heterocycles. The number of benzene rings is 1. The summed E-state index contributed by atoms with van der Waals surface area (Å²) in [5.41, 5.74) is 2.02. The molecule has 1 aliphatic carbocycles. The van der Waals surface area contributed by atoms with Gasteiger partial charge in [0.25, 0.3) is 5.56 Å². The zero-order valence-electron chi connectivity index (χ0n) is 16.2. The quantitative estimate of drug-likeness (QED) is 0.340. The number of hydrogen-bond donors (Lipinski definition) is 0. The summed E-state index contributed by atoms with van der Waals surface area (Å²) in [5.74, 6) is 1.24. The summed E-state index contributed by atoms with van der Waals surface area (Å²) in [6.07, 6.45) is 3.85. The van der Waals surface area contributed by atoms with Gasteiger partial charge < -0.3 is 4.52 Å². The van der Waals surface area contributed by atoms with Gasteiger partial charge >= 0.3 is 0 Å². The Morgan fingerprint density at radius 2 is 2.07 bits per heavy atom. The Morgan fingerprint density at radius 1 is 1.24 bits per heavy atom. The largest absolute Gasteiger partial charge is 0.338 e. The third-order valence-electron chi connectivity index (χ3n) is 5.15. The number of aryl methyl sites for hydroxylation is 3. The number of thioether (sulfide) groups is 1. The van der Waals surface area contributed by atoms with Crippen molar-refractivity contribution in [2.24, 2.45) is 0 Å². The Kier molecular flexibility index (Phi) is 4.75. The molecule has 0 aliphatic heterocycles. The molecule has 0 bridgehead atoms. The molecule has 1 aromatic carbocycles. The van der Waals surface area contributed by atoms with Gasteiger partial charge in [-0.2, -0.15) is 4.98 Å². The van der Waals surface area contributed by atoms with Crippen molar-refractivity contribution in [3.63, 3.8) is 0 Å². The predicted octanol–water partition coefficient (Wildman–Crippen LogP) is 4.73. The van der Waals surface area contributed by atoms with Gasteiger partial charge in [0.1, 0.15) is 4.83 Å². The van der Waals surface area contributed by atoms with Crippen LogP contribution in [0, 0.1) is 0 Å². The number of hydrogen-bond acceptors (Lipinski definition) is 7. The van der Waals surface area contributed by atoms with Crippen molar-refractivity contribution >= 4 is 33.3 Å². The standard InChI is InChI=1S/C21H20N4O2S2/c1-3-16-22-18(27-24-16)12(2)28-21-23-19-17(14-10-7-11-15(14)29-19)20(26)25(21)13-8-5-4-6-9-13/h4-6,8-9,12H,3,7,10-11H2,1-2H3. The Bertz CT molecular complexity index is 1240. The van der Waals surface area contributed by atoms with E-state index in [0.29, 0.717) is 16.9 Å². The van der Waals surface area contributed by atoms with Crippen LogP contribution >= 0.6 is 23.1 Å². The van der Waals surface area contributed by atoms with Gasteiger partial charge in [0.05, 0.1) is 16.3 Å². The maximum atomic E-state index is 13.6. The molecule has 6 nitrogen and oxygen atoms in total. The van der Waals surface area contributed by atoms with Crippen LogP contribution in [0.25, 0.3) is 15.9 Å². The second kappa shape index (κ2) is 7.42. The number of nitrogens with zero attached hydrogens (tertiary/aromatic N) is 4. The minimum atomic E-state index is -0.117. The Hall–Kier alpha value is -2.45. The highest BCUT2D eigenvalue weighted by atomic mass is 32.2. The van der Waals surface area contributed by atoms with Crippen LogP contribution < -0.4 is 5.56 Å². The lowest BCUT2D eigenvalue weighted by atomic mass is 10.2. The fourth-order valence-electron chi connectivity index (χ4n) is 3.69. The monoisotopic (exact) mass is 424 g/mol. The minimum absolute atomic E-state index is 0.00933.